The SMILES string of the molecule is COc1cc(N)c([N-]C2CCCCC2)cn1. The fourth-order valence-corrected chi connectivity index (χ4v) is 2.07. The Morgan fingerprint density at radius 2 is 2.12 bits per heavy atom. The van der Waals surface area contributed by atoms with Crippen LogP contribution >= 0.6 is 0 Å². The molecule has 16 heavy (non-hydrogen) atoms. The van der Waals surface area contributed by atoms with Crippen molar-refractivity contribution in [3.8, 4) is 5.88 Å². The van der Waals surface area contributed by atoms with E-state index in [-0.39, 0.29) is 0 Å². The minimum atomic E-state index is 0.422. The van der Waals surface area contributed by atoms with Gasteiger partial charge in [-0.1, -0.05) is 37.8 Å². The lowest BCUT2D eigenvalue weighted by Crippen LogP contribution is -2.10. The molecule has 1 aliphatic rings. The van der Waals surface area contributed by atoms with Gasteiger partial charge in [0.15, 0.2) is 0 Å². The monoisotopic (exact) mass is 220 g/mol. The van der Waals surface area contributed by atoms with Crippen molar-refractivity contribution in [2.75, 3.05) is 12.8 Å². The Balaban J connectivity index is 2.03. The zero-order valence-electron chi connectivity index (χ0n) is 9.65. The predicted octanol–water partition coefficient (Wildman–Crippen LogP) is 3.01. The summed E-state index contributed by atoms with van der Waals surface area (Å²) in [5.41, 5.74) is 7.35. The van der Waals surface area contributed by atoms with Gasteiger partial charge in [-0.3, -0.25) is 0 Å². The topological polar surface area (TPSA) is 62.2 Å². The van der Waals surface area contributed by atoms with Crippen LogP contribution in [0.15, 0.2) is 12.3 Å². The van der Waals surface area contributed by atoms with Gasteiger partial charge in [-0.2, -0.15) is 0 Å². The fraction of sp³-hybridized carbons (Fsp3) is 0.583. The van der Waals surface area contributed by atoms with E-state index in [9.17, 15) is 0 Å². The van der Waals surface area contributed by atoms with E-state index in [1.54, 1.807) is 19.4 Å². The van der Waals surface area contributed by atoms with Crippen molar-refractivity contribution >= 4 is 11.4 Å². The summed E-state index contributed by atoms with van der Waals surface area (Å²) in [6, 6.07) is 2.15. The van der Waals surface area contributed by atoms with Gasteiger partial charge in [0.2, 0.25) is 5.88 Å². The highest BCUT2D eigenvalue weighted by atomic mass is 16.5. The molecule has 1 aliphatic carbocycles. The van der Waals surface area contributed by atoms with E-state index >= 15 is 0 Å². The Kier molecular flexibility index (Phi) is 3.49. The molecule has 1 fully saturated rings. The number of anilines is 1. The largest absolute Gasteiger partial charge is 0.679 e. The second kappa shape index (κ2) is 5.05. The van der Waals surface area contributed by atoms with Crippen LogP contribution in [0.5, 0.6) is 5.88 Å². The number of methoxy groups -OCH3 is 1. The van der Waals surface area contributed by atoms with E-state index < -0.39 is 0 Å². The van der Waals surface area contributed by atoms with E-state index in [2.05, 4.69) is 10.3 Å². The molecule has 1 aromatic rings. The summed E-state index contributed by atoms with van der Waals surface area (Å²) in [5, 5.41) is 4.65. The Labute approximate surface area is 96.2 Å². The lowest BCUT2D eigenvalue weighted by Gasteiger charge is -2.36. The van der Waals surface area contributed by atoms with Gasteiger partial charge in [-0.15, -0.1) is 6.04 Å². The first-order valence-electron chi connectivity index (χ1n) is 5.80. The second-order valence-electron chi connectivity index (χ2n) is 4.21. The lowest BCUT2D eigenvalue weighted by molar-refractivity contribution is 0.398. The molecular weight excluding hydrogens is 202 g/mol. The average molecular weight is 220 g/mol. The first kappa shape index (κ1) is 11.0. The quantitative estimate of drug-likeness (QED) is 0.851. The summed E-state index contributed by atoms with van der Waals surface area (Å²) in [5.74, 6) is 0.542. The van der Waals surface area contributed by atoms with Gasteiger partial charge in [0.1, 0.15) is 0 Å². The Hall–Kier alpha value is -1.45. The zero-order chi connectivity index (χ0) is 11.4. The summed E-state index contributed by atoms with van der Waals surface area (Å²) < 4.78 is 5.01. The first-order chi connectivity index (χ1) is 7.79. The van der Waals surface area contributed by atoms with Crippen LogP contribution in [0.25, 0.3) is 5.32 Å². The van der Waals surface area contributed by atoms with Crippen LogP contribution in [0.3, 0.4) is 0 Å². The molecule has 0 spiro atoms. The number of nitrogen functional groups attached to an aromatic ring is 1. The highest BCUT2D eigenvalue weighted by molar-refractivity contribution is 5.69. The second-order valence-corrected chi connectivity index (χ2v) is 4.21. The van der Waals surface area contributed by atoms with E-state index in [1.807, 2.05) is 0 Å². The Bertz CT molecular complexity index is 348. The van der Waals surface area contributed by atoms with Crippen LogP contribution in [0.1, 0.15) is 32.1 Å². The van der Waals surface area contributed by atoms with E-state index in [0.717, 1.165) is 5.69 Å². The number of rotatable bonds is 3. The van der Waals surface area contributed by atoms with Gasteiger partial charge in [0.25, 0.3) is 0 Å². The molecule has 0 saturated heterocycles. The zero-order valence-corrected chi connectivity index (χ0v) is 9.65. The summed E-state index contributed by atoms with van der Waals surface area (Å²) in [6.07, 6.45) is 7.93. The molecule has 1 saturated carbocycles. The number of nitrogens with zero attached hydrogens (tertiary/aromatic N) is 2. The van der Waals surface area contributed by atoms with Crippen molar-refractivity contribution in [2.24, 2.45) is 0 Å². The molecule has 0 atom stereocenters. The number of pyridine rings is 1. The molecule has 2 rings (SSSR count). The van der Waals surface area contributed by atoms with Crippen LogP contribution < -0.4 is 10.5 Å². The van der Waals surface area contributed by atoms with Gasteiger partial charge >= 0.3 is 0 Å². The molecular formula is C12H18N3O-. The Morgan fingerprint density at radius 1 is 1.38 bits per heavy atom. The number of ether oxygens (including phenoxy) is 1. The minimum absolute atomic E-state index is 0.422. The molecule has 88 valence electrons. The molecule has 4 nitrogen and oxygen atoms in total. The first-order valence-corrected chi connectivity index (χ1v) is 5.80. The molecule has 1 aromatic heterocycles. The van der Waals surface area contributed by atoms with Crippen molar-refractivity contribution in [1.29, 1.82) is 0 Å². The molecule has 4 heteroatoms. The maximum atomic E-state index is 5.90. The molecule has 0 amide bonds. The maximum Gasteiger partial charge on any atom is 0.214 e. The fourth-order valence-electron chi connectivity index (χ4n) is 2.07. The van der Waals surface area contributed by atoms with Gasteiger partial charge in [0, 0.05) is 18.0 Å². The van der Waals surface area contributed by atoms with Crippen molar-refractivity contribution in [1.82, 2.24) is 4.98 Å². The molecule has 0 unspecified atom stereocenters. The van der Waals surface area contributed by atoms with Crippen LogP contribution in [-0.4, -0.2) is 18.1 Å². The average Bonchev–Trinajstić information content (AvgIpc) is 2.33. The van der Waals surface area contributed by atoms with Crippen molar-refractivity contribution in [3.63, 3.8) is 0 Å². The van der Waals surface area contributed by atoms with Crippen molar-refractivity contribution in [3.05, 3.63) is 17.6 Å². The van der Waals surface area contributed by atoms with Crippen LogP contribution in [0.2, 0.25) is 0 Å². The molecule has 0 bridgehead atoms. The maximum absolute atomic E-state index is 5.90. The van der Waals surface area contributed by atoms with E-state index in [0.29, 0.717) is 17.6 Å². The minimum Gasteiger partial charge on any atom is -0.679 e. The third kappa shape index (κ3) is 2.56. The third-order valence-electron chi connectivity index (χ3n) is 2.99. The highest BCUT2D eigenvalue weighted by Gasteiger charge is 2.06. The lowest BCUT2D eigenvalue weighted by atomic mass is 9.95. The molecule has 0 aromatic carbocycles. The molecule has 1 heterocycles. The number of hydrogen-bond donors (Lipinski definition) is 1. The van der Waals surface area contributed by atoms with Crippen LogP contribution in [0.4, 0.5) is 11.4 Å². The van der Waals surface area contributed by atoms with Crippen molar-refractivity contribution < 1.29 is 4.74 Å². The van der Waals surface area contributed by atoms with Crippen LogP contribution in [-0.2, 0) is 0 Å². The Morgan fingerprint density at radius 3 is 2.75 bits per heavy atom. The van der Waals surface area contributed by atoms with Crippen molar-refractivity contribution in [2.45, 2.75) is 38.1 Å². The number of hydrogen-bond acceptors (Lipinski definition) is 3. The third-order valence-corrected chi connectivity index (χ3v) is 2.99. The number of aromatic nitrogens is 1. The molecule has 0 aliphatic heterocycles. The van der Waals surface area contributed by atoms with Gasteiger partial charge < -0.3 is 15.8 Å². The molecule has 0 radical (unpaired) electrons. The van der Waals surface area contributed by atoms with Gasteiger partial charge in [-0.05, 0) is 0 Å². The van der Waals surface area contributed by atoms with Gasteiger partial charge in [-0.25, -0.2) is 4.98 Å². The van der Waals surface area contributed by atoms with E-state index in [4.69, 9.17) is 10.5 Å². The highest BCUT2D eigenvalue weighted by Crippen LogP contribution is 2.34. The smallest absolute Gasteiger partial charge is 0.214 e. The summed E-state index contributed by atoms with van der Waals surface area (Å²) in [4.78, 5) is 4.13. The summed E-state index contributed by atoms with van der Waals surface area (Å²) in [6.45, 7) is 0. The normalized spacial score (nSPS) is 17.1. The van der Waals surface area contributed by atoms with Crippen LogP contribution in [0, 0.1) is 0 Å². The van der Waals surface area contributed by atoms with E-state index in [1.165, 1.54) is 32.1 Å². The summed E-state index contributed by atoms with van der Waals surface area (Å²) in [7, 11) is 1.58. The molecule has 2 N–H and O–H groups in total. The summed E-state index contributed by atoms with van der Waals surface area (Å²) >= 11 is 0. The standard InChI is InChI=1S/C12H18N3O/c1-16-12-7-10(13)11(8-14-12)15-9-5-3-2-4-6-9/h7-9H,2-6H2,1H3,(H2,13,14)/q-1. The number of nitrogens with two attached hydrogens (primary N) is 1. The predicted molar refractivity (Wildman–Crippen MR) is 65.1 cm³/mol. The van der Waals surface area contributed by atoms with Gasteiger partial charge in [0.05, 0.1) is 7.11 Å².